The summed E-state index contributed by atoms with van der Waals surface area (Å²) in [5.74, 6) is -1.02. The molecule has 0 saturated carbocycles. The summed E-state index contributed by atoms with van der Waals surface area (Å²) in [5.41, 5.74) is -0.959. The van der Waals surface area contributed by atoms with Crippen molar-refractivity contribution in [3.8, 4) is 0 Å². The largest absolute Gasteiger partial charge is 0.456 e. The fourth-order valence-electron chi connectivity index (χ4n) is 1.48. The lowest BCUT2D eigenvalue weighted by Gasteiger charge is -2.26. The summed E-state index contributed by atoms with van der Waals surface area (Å²) in [7, 11) is 0. The molecule has 0 aliphatic heterocycles. The molecule has 0 unspecified atom stereocenters. The predicted molar refractivity (Wildman–Crippen MR) is 79.3 cm³/mol. The standard InChI is InChI=1S/C16H28O4/c1-7-15(5,8-2)19-13(17)11-12-14(18)20-16(6,9-3)10-4/h11-12H,7-10H2,1-6H3/b12-11-. The van der Waals surface area contributed by atoms with Gasteiger partial charge in [0.2, 0.25) is 0 Å². The van der Waals surface area contributed by atoms with E-state index in [1.807, 2.05) is 41.5 Å². The second-order valence-corrected chi connectivity index (χ2v) is 5.49. The Bertz CT molecular complexity index is 315. The normalized spacial score (nSPS) is 12.5. The van der Waals surface area contributed by atoms with Crippen LogP contribution >= 0.6 is 0 Å². The summed E-state index contributed by atoms with van der Waals surface area (Å²) in [6, 6.07) is 0. The predicted octanol–water partition coefficient (Wildman–Crippen LogP) is 3.79. The van der Waals surface area contributed by atoms with E-state index in [0.717, 1.165) is 37.8 Å². The number of rotatable bonds is 8. The maximum absolute atomic E-state index is 11.7. The van der Waals surface area contributed by atoms with Crippen molar-refractivity contribution in [1.29, 1.82) is 0 Å². The Morgan fingerprint density at radius 3 is 1.20 bits per heavy atom. The molecule has 0 radical (unpaired) electrons. The summed E-state index contributed by atoms with van der Waals surface area (Å²) in [5, 5.41) is 0. The average molecular weight is 284 g/mol. The van der Waals surface area contributed by atoms with Gasteiger partial charge >= 0.3 is 11.9 Å². The summed E-state index contributed by atoms with van der Waals surface area (Å²) in [6.45, 7) is 11.6. The molecule has 0 N–H and O–H groups in total. The maximum Gasteiger partial charge on any atom is 0.331 e. The van der Waals surface area contributed by atoms with Gasteiger partial charge < -0.3 is 9.47 Å². The van der Waals surface area contributed by atoms with Crippen molar-refractivity contribution in [3.05, 3.63) is 12.2 Å². The molecular weight excluding hydrogens is 256 g/mol. The summed E-state index contributed by atoms with van der Waals surface area (Å²) >= 11 is 0. The van der Waals surface area contributed by atoms with Crippen molar-refractivity contribution >= 4 is 11.9 Å². The molecule has 0 atom stereocenters. The first-order valence-electron chi connectivity index (χ1n) is 7.38. The maximum atomic E-state index is 11.7. The minimum Gasteiger partial charge on any atom is -0.456 e. The summed E-state index contributed by atoms with van der Waals surface area (Å²) < 4.78 is 10.7. The molecule has 0 bridgehead atoms. The van der Waals surface area contributed by atoms with Gasteiger partial charge in [-0.2, -0.15) is 0 Å². The smallest absolute Gasteiger partial charge is 0.331 e. The molecule has 0 fully saturated rings. The molecule has 0 rings (SSSR count). The van der Waals surface area contributed by atoms with E-state index in [0.29, 0.717) is 0 Å². The van der Waals surface area contributed by atoms with Gasteiger partial charge in [-0.3, -0.25) is 0 Å². The lowest BCUT2D eigenvalue weighted by molar-refractivity contribution is -0.155. The van der Waals surface area contributed by atoms with E-state index in [4.69, 9.17) is 9.47 Å². The second kappa shape index (κ2) is 8.08. The Morgan fingerprint density at radius 2 is 1.00 bits per heavy atom. The Kier molecular flexibility index (Phi) is 7.54. The van der Waals surface area contributed by atoms with E-state index in [1.165, 1.54) is 0 Å². The van der Waals surface area contributed by atoms with Gasteiger partial charge in [0.25, 0.3) is 0 Å². The third kappa shape index (κ3) is 6.22. The summed E-state index contributed by atoms with van der Waals surface area (Å²) in [6.07, 6.45) is 5.21. The van der Waals surface area contributed by atoms with Gasteiger partial charge in [-0.15, -0.1) is 0 Å². The number of carbonyl (C=O) groups excluding carboxylic acids is 2. The third-order valence-corrected chi connectivity index (χ3v) is 4.04. The van der Waals surface area contributed by atoms with Crippen LogP contribution < -0.4 is 0 Å². The molecule has 0 saturated heterocycles. The molecule has 4 nitrogen and oxygen atoms in total. The van der Waals surface area contributed by atoms with Crippen LogP contribution in [0.2, 0.25) is 0 Å². The fourth-order valence-corrected chi connectivity index (χ4v) is 1.48. The van der Waals surface area contributed by atoms with Crippen molar-refractivity contribution in [3.63, 3.8) is 0 Å². The van der Waals surface area contributed by atoms with Crippen LogP contribution in [0.1, 0.15) is 67.2 Å². The van der Waals surface area contributed by atoms with Crippen LogP contribution in [0.4, 0.5) is 0 Å². The SMILES string of the molecule is CCC(C)(CC)OC(=O)/C=C\C(=O)OC(C)(CC)CC. The van der Waals surface area contributed by atoms with Crippen LogP contribution in [0.25, 0.3) is 0 Å². The van der Waals surface area contributed by atoms with Gasteiger partial charge in [-0.1, -0.05) is 27.7 Å². The topological polar surface area (TPSA) is 52.6 Å². The monoisotopic (exact) mass is 284 g/mol. The zero-order valence-electron chi connectivity index (χ0n) is 13.6. The van der Waals surface area contributed by atoms with Gasteiger partial charge in [0.1, 0.15) is 11.2 Å². The minimum atomic E-state index is -0.511. The molecule has 0 aliphatic rings. The highest BCUT2D eigenvalue weighted by Crippen LogP contribution is 2.21. The number of hydrogen-bond donors (Lipinski definition) is 0. The average Bonchev–Trinajstić information content (AvgIpc) is 2.44. The van der Waals surface area contributed by atoms with Crippen molar-refractivity contribution in [2.75, 3.05) is 0 Å². The molecular formula is C16H28O4. The van der Waals surface area contributed by atoms with Crippen LogP contribution in [0.3, 0.4) is 0 Å². The molecule has 0 aromatic rings. The number of esters is 2. The van der Waals surface area contributed by atoms with Crippen LogP contribution in [0.15, 0.2) is 12.2 Å². The molecule has 4 heteroatoms. The van der Waals surface area contributed by atoms with Crippen molar-refractivity contribution in [2.24, 2.45) is 0 Å². The van der Waals surface area contributed by atoms with Crippen molar-refractivity contribution in [2.45, 2.75) is 78.4 Å². The van der Waals surface area contributed by atoms with E-state index in [9.17, 15) is 9.59 Å². The molecule has 116 valence electrons. The third-order valence-electron chi connectivity index (χ3n) is 4.04. The molecule has 0 aromatic heterocycles. The zero-order chi connectivity index (χ0) is 15.8. The van der Waals surface area contributed by atoms with Crippen LogP contribution in [-0.4, -0.2) is 23.1 Å². The van der Waals surface area contributed by atoms with Crippen LogP contribution in [0.5, 0.6) is 0 Å². The van der Waals surface area contributed by atoms with E-state index in [1.54, 1.807) is 0 Å². The first-order valence-corrected chi connectivity index (χ1v) is 7.38. The molecule has 20 heavy (non-hydrogen) atoms. The molecule has 0 heterocycles. The lowest BCUT2D eigenvalue weighted by atomic mass is 10.0. The minimum absolute atomic E-state index is 0.479. The summed E-state index contributed by atoms with van der Waals surface area (Å²) in [4.78, 5) is 23.3. The van der Waals surface area contributed by atoms with E-state index < -0.39 is 23.1 Å². The van der Waals surface area contributed by atoms with E-state index in [-0.39, 0.29) is 0 Å². The fraction of sp³-hybridized carbons (Fsp3) is 0.750. The molecule has 0 aromatic carbocycles. The zero-order valence-corrected chi connectivity index (χ0v) is 13.6. The second-order valence-electron chi connectivity index (χ2n) is 5.49. The highest BCUT2D eigenvalue weighted by Gasteiger charge is 2.25. The van der Waals surface area contributed by atoms with Gasteiger partial charge in [0.15, 0.2) is 0 Å². The number of ether oxygens (including phenoxy) is 2. The Hall–Kier alpha value is -1.32. The van der Waals surface area contributed by atoms with E-state index in [2.05, 4.69) is 0 Å². The Balaban J connectivity index is 4.50. The molecule has 0 spiro atoms. The Labute approximate surface area is 122 Å². The first-order chi connectivity index (χ1) is 9.24. The first kappa shape index (κ1) is 18.7. The highest BCUT2D eigenvalue weighted by atomic mass is 16.6. The van der Waals surface area contributed by atoms with Crippen molar-refractivity contribution in [1.82, 2.24) is 0 Å². The quantitative estimate of drug-likeness (QED) is 0.502. The number of hydrogen-bond acceptors (Lipinski definition) is 4. The van der Waals surface area contributed by atoms with Gasteiger partial charge in [0, 0.05) is 12.2 Å². The van der Waals surface area contributed by atoms with Crippen LogP contribution in [-0.2, 0) is 19.1 Å². The molecule has 0 aliphatic carbocycles. The van der Waals surface area contributed by atoms with Crippen LogP contribution in [0, 0.1) is 0 Å². The highest BCUT2D eigenvalue weighted by molar-refractivity contribution is 5.92. The molecule has 0 amide bonds. The van der Waals surface area contributed by atoms with Gasteiger partial charge in [0.05, 0.1) is 0 Å². The van der Waals surface area contributed by atoms with Gasteiger partial charge in [-0.05, 0) is 39.5 Å². The van der Waals surface area contributed by atoms with Gasteiger partial charge in [-0.25, -0.2) is 9.59 Å². The number of carbonyl (C=O) groups is 2. The lowest BCUT2D eigenvalue weighted by Crippen LogP contribution is -2.30. The Morgan fingerprint density at radius 1 is 0.750 bits per heavy atom. The van der Waals surface area contributed by atoms with E-state index >= 15 is 0 Å². The van der Waals surface area contributed by atoms with Crippen molar-refractivity contribution < 1.29 is 19.1 Å².